The monoisotopic (exact) mass is 264 g/mol. The molecule has 1 aromatic carbocycles. The average molecular weight is 264 g/mol. The lowest BCUT2D eigenvalue weighted by Crippen LogP contribution is -2.36. The van der Waals surface area contributed by atoms with Gasteiger partial charge in [-0.25, -0.2) is 0 Å². The lowest BCUT2D eigenvalue weighted by atomic mass is 9.99. The van der Waals surface area contributed by atoms with Crippen LogP contribution in [0.4, 0.5) is 0 Å². The van der Waals surface area contributed by atoms with E-state index >= 15 is 0 Å². The van der Waals surface area contributed by atoms with Crippen LogP contribution in [0.3, 0.4) is 0 Å². The highest BCUT2D eigenvalue weighted by Crippen LogP contribution is 2.16. The maximum atomic E-state index is 11.5. The van der Waals surface area contributed by atoms with Crippen LogP contribution in [0.15, 0.2) is 12.1 Å². The molecular weight excluding hydrogens is 244 g/mol. The average Bonchev–Trinajstić information content (AvgIpc) is 2.35. The lowest BCUT2D eigenvalue weighted by Gasteiger charge is -2.13. The number of amides is 1. The van der Waals surface area contributed by atoms with Gasteiger partial charge in [-0.3, -0.25) is 9.59 Å². The summed E-state index contributed by atoms with van der Waals surface area (Å²) in [5.74, 6) is -1.52. The minimum atomic E-state index is -1.17. The van der Waals surface area contributed by atoms with Crippen molar-refractivity contribution in [3.8, 4) is 0 Å². The van der Waals surface area contributed by atoms with Gasteiger partial charge in [0.15, 0.2) is 0 Å². The van der Waals surface area contributed by atoms with Crippen LogP contribution in [-0.2, 0) is 16.1 Å². The fraction of sp³-hybridized carbons (Fsp3) is 0.429. The molecule has 104 valence electrons. The third-order valence-electron chi connectivity index (χ3n) is 3.37. The van der Waals surface area contributed by atoms with Crippen molar-refractivity contribution < 1.29 is 14.7 Å². The molecule has 0 saturated heterocycles. The van der Waals surface area contributed by atoms with Crippen molar-refractivity contribution in [1.29, 1.82) is 0 Å². The SMILES string of the molecule is Cc1ccc(CNC(=O)CC(N)C(=O)O)c(C)c1C. The van der Waals surface area contributed by atoms with Gasteiger partial charge in [-0.1, -0.05) is 12.1 Å². The molecule has 0 aliphatic rings. The number of carboxylic acid groups (broad SMARTS) is 1. The second-order valence-corrected chi connectivity index (χ2v) is 4.72. The number of carbonyl (C=O) groups excluding carboxylic acids is 1. The molecule has 5 heteroatoms. The zero-order valence-corrected chi connectivity index (χ0v) is 11.5. The molecule has 0 fully saturated rings. The molecule has 1 rings (SSSR count). The van der Waals surface area contributed by atoms with Crippen molar-refractivity contribution in [3.63, 3.8) is 0 Å². The quantitative estimate of drug-likeness (QED) is 0.740. The number of nitrogens with two attached hydrogens (primary N) is 1. The van der Waals surface area contributed by atoms with E-state index in [1.54, 1.807) is 0 Å². The summed E-state index contributed by atoms with van der Waals surface area (Å²) in [7, 11) is 0. The molecule has 4 N–H and O–H groups in total. The van der Waals surface area contributed by atoms with Gasteiger partial charge in [0.1, 0.15) is 6.04 Å². The van der Waals surface area contributed by atoms with Crippen LogP contribution in [0.25, 0.3) is 0 Å². The molecule has 0 bridgehead atoms. The number of hydrogen-bond acceptors (Lipinski definition) is 3. The van der Waals surface area contributed by atoms with Crippen molar-refractivity contribution in [2.75, 3.05) is 0 Å². The highest BCUT2D eigenvalue weighted by Gasteiger charge is 2.16. The lowest BCUT2D eigenvalue weighted by molar-refractivity contribution is -0.140. The molecule has 1 unspecified atom stereocenters. The van der Waals surface area contributed by atoms with E-state index in [4.69, 9.17) is 10.8 Å². The number of benzene rings is 1. The van der Waals surface area contributed by atoms with Crippen LogP contribution in [-0.4, -0.2) is 23.0 Å². The number of rotatable bonds is 5. The van der Waals surface area contributed by atoms with Crippen LogP contribution >= 0.6 is 0 Å². The zero-order chi connectivity index (χ0) is 14.6. The fourth-order valence-electron chi connectivity index (χ4n) is 1.76. The van der Waals surface area contributed by atoms with Gasteiger partial charge in [0.25, 0.3) is 0 Å². The first-order chi connectivity index (χ1) is 8.82. The standard InChI is InChI=1S/C14H20N2O3/c1-8-4-5-11(10(3)9(8)2)7-16-13(17)6-12(15)14(18)19/h4-5,12H,6-7,15H2,1-3H3,(H,16,17)(H,18,19). The van der Waals surface area contributed by atoms with Crippen molar-refractivity contribution in [1.82, 2.24) is 5.32 Å². The summed E-state index contributed by atoms with van der Waals surface area (Å²) in [4.78, 5) is 22.1. The molecule has 0 saturated carbocycles. The number of aliphatic carboxylic acids is 1. The fourth-order valence-corrected chi connectivity index (χ4v) is 1.76. The normalized spacial score (nSPS) is 12.0. The van der Waals surface area contributed by atoms with E-state index in [0.29, 0.717) is 6.54 Å². The van der Waals surface area contributed by atoms with Crippen molar-refractivity contribution in [2.24, 2.45) is 5.73 Å². The first kappa shape index (κ1) is 15.2. The minimum Gasteiger partial charge on any atom is -0.480 e. The van der Waals surface area contributed by atoms with Crippen LogP contribution in [0, 0.1) is 20.8 Å². The van der Waals surface area contributed by atoms with Gasteiger partial charge in [0.2, 0.25) is 5.91 Å². The molecule has 0 aliphatic heterocycles. The Hall–Kier alpha value is -1.88. The van der Waals surface area contributed by atoms with E-state index in [2.05, 4.69) is 5.32 Å². The second-order valence-electron chi connectivity index (χ2n) is 4.72. The molecule has 1 amide bonds. The Morgan fingerprint density at radius 3 is 2.47 bits per heavy atom. The van der Waals surface area contributed by atoms with E-state index in [0.717, 1.165) is 11.1 Å². The Morgan fingerprint density at radius 1 is 1.26 bits per heavy atom. The zero-order valence-electron chi connectivity index (χ0n) is 11.5. The maximum absolute atomic E-state index is 11.5. The highest BCUT2D eigenvalue weighted by atomic mass is 16.4. The number of carboxylic acids is 1. The van der Waals surface area contributed by atoms with Gasteiger partial charge >= 0.3 is 5.97 Å². The summed E-state index contributed by atoms with van der Waals surface area (Å²) in [6, 6.07) is 2.82. The topological polar surface area (TPSA) is 92.4 Å². The molecule has 1 atom stereocenters. The van der Waals surface area contributed by atoms with E-state index in [-0.39, 0.29) is 12.3 Å². The molecule has 0 heterocycles. The van der Waals surface area contributed by atoms with E-state index in [1.165, 1.54) is 11.1 Å². The summed E-state index contributed by atoms with van der Waals surface area (Å²) in [6.07, 6.45) is -0.209. The third-order valence-corrected chi connectivity index (χ3v) is 3.37. The largest absolute Gasteiger partial charge is 0.480 e. The smallest absolute Gasteiger partial charge is 0.321 e. The summed E-state index contributed by atoms with van der Waals surface area (Å²) < 4.78 is 0. The van der Waals surface area contributed by atoms with Crippen LogP contribution < -0.4 is 11.1 Å². The molecule has 0 radical (unpaired) electrons. The third kappa shape index (κ3) is 4.06. The van der Waals surface area contributed by atoms with E-state index in [1.807, 2.05) is 32.9 Å². The molecule has 19 heavy (non-hydrogen) atoms. The molecular formula is C14H20N2O3. The van der Waals surface area contributed by atoms with E-state index < -0.39 is 12.0 Å². The first-order valence-electron chi connectivity index (χ1n) is 6.13. The van der Waals surface area contributed by atoms with Gasteiger partial charge in [-0.2, -0.15) is 0 Å². The summed E-state index contributed by atoms with van der Waals surface area (Å²) in [5.41, 5.74) is 9.88. The van der Waals surface area contributed by atoms with Gasteiger partial charge in [-0.15, -0.1) is 0 Å². The molecule has 5 nitrogen and oxygen atoms in total. The minimum absolute atomic E-state index is 0.209. The number of aryl methyl sites for hydroxylation is 1. The van der Waals surface area contributed by atoms with Crippen LogP contribution in [0.2, 0.25) is 0 Å². The van der Waals surface area contributed by atoms with Crippen molar-refractivity contribution in [3.05, 3.63) is 34.4 Å². The maximum Gasteiger partial charge on any atom is 0.321 e. The van der Waals surface area contributed by atoms with Crippen molar-refractivity contribution in [2.45, 2.75) is 39.8 Å². The highest BCUT2D eigenvalue weighted by molar-refractivity contribution is 5.84. The number of hydrogen-bond donors (Lipinski definition) is 3. The van der Waals surface area contributed by atoms with Gasteiger partial charge in [-0.05, 0) is 43.0 Å². The van der Waals surface area contributed by atoms with Gasteiger partial charge in [0, 0.05) is 6.54 Å². The van der Waals surface area contributed by atoms with Gasteiger partial charge < -0.3 is 16.2 Å². The Labute approximate surface area is 112 Å². The molecule has 0 aromatic heterocycles. The Morgan fingerprint density at radius 2 is 1.89 bits per heavy atom. The molecule has 1 aromatic rings. The summed E-state index contributed by atoms with van der Waals surface area (Å²) in [5, 5.41) is 11.3. The van der Waals surface area contributed by atoms with Gasteiger partial charge in [0.05, 0.1) is 6.42 Å². The number of carbonyl (C=O) groups is 2. The summed E-state index contributed by atoms with van der Waals surface area (Å²) >= 11 is 0. The van der Waals surface area contributed by atoms with Crippen molar-refractivity contribution >= 4 is 11.9 Å². The van der Waals surface area contributed by atoms with Crippen LogP contribution in [0.1, 0.15) is 28.7 Å². The first-order valence-corrected chi connectivity index (χ1v) is 6.13. The Bertz CT molecular complexity index is 498. The molecule has 0 spiro atoms. The Kier molecular flexibility index (Phi) is 5.06. The number of nitrogens with one attached hydrogen (secondary N) is 1. The predicted octanol–water partition coefficient (Wildman–Crippen LogP) is 1.03. The van der Waals surface area contributed by atoms with Crippen LogP contribution in [0.5, 0.6) is 0 Å². The Balaban J connectivity index is 2.60. The second kappa shape index (κ2) is 6.33. The summed E-state index contributed by atoms with van der Waals surface area (Å²) in [6.45, 7) is 6.47. The predicted molar refractivity (Wildman–Crippen MR) is 72.7 cm³/mol. The van der Waals surface area contributed by atoms with E-state index in [9.17, 15) is 9.59 Å². The molecule has 0 aliphatic carbocycles.